The van der Waals surface area contributed by atoms with E-state index in [1.165, 1.54) is 16.8 Å². The Hall–Kier alpha value is -3.08. The lowest BCUT2D eigenvalue weighted by molar-refractivity contribution is 0.0949. The molecule has 0 unspecified atom stereocenters. The standard InChI is InChI=1S/C22H24N4O/c1-16-7-9-18(10-8-16)21-15-19(24-25(21)2)22(27)23-12-14-26-13-11-17-5-3-4-6-20(17)26/h3-10,15H,11-14H2,1-2H3,(H,23,27). The summed E-state index contributed by atoms with van der Waals surface area (Å²) >= 11 is 0. The minimum atomic E-state index is -0.128. The highest BCUT2D eigenvalue weighted by atomic mass is 16.1. The molecule has 0 saturated heterocycles. The van der Waals surface area contributed by atoms with E-state index in [4.69, 9.17) is 0 Å². The Kier molecular flexibility index (Phi) is 4.67. The van der Waals surface area contributed by atoms with Crippen LogP contribution >= 0.6 is 0 Å². The number of hydrogen-bond acceptors (Lipinski definition) is 3. The first-order valence-electron chi connectivity index (χ1n) is 9.34. The van der Waals surface area contributed by atoms with Crippen LogP contribution in [0.4, 0.5) is 5.69 Å². The number of para-hydroxylation sites is 1. The van der Waals surface area contributed by atoms with Gasteiger partial charge in [-0.1, -0.05) is 48.0 Å². The second kappa shape index (κ2) is 7.27. The minimum Gasteiger partial charge on any atom is -0.369 e. The maximum absolute atomic E-state index is 12.5. The third-order valence-corrected chi connectivity index (χ3v) is 5.11. The van der Waals surface area contributed by atoms with Gasteiger partial charge in [0, 0.05) is 32.4 Å². The lowest BCUT2D eigenvalue weighted by atomic mass is 10.1. The van der Waals surface area contributed by atoms with E-state index in [0.717, 1.165) is 30.8 Å². The second-order valence-electron chi connectivity index (χ2n) is 7.03. The molecule has 1 N–H and O–H groups in total. The molecule has 5 nitrogen and oxygen atoms in total. The Balaban J connectivity index is 1.38. The third kappa shape index (κ3) is 3.58. The zero-order valence-corrected chi connectivity index (χ0v) is 15.8. The number of hydrogen-bond donors (Lipinski definition) is 1. The molecule has 2 heterocycles. The van der Waals surface area contributed by atoms with E-state index in [1.54, 1.807) is 4.68 Å². The number of anilines is 1. The van der Waals surface area contributed by atoms with E-state index in [-0.39, 0.29) is 5.91 Å². The monoisotopic (exact) mass is 360 g/mol. The largest absolute Gasteiger partial charge is 0.369 e. The van der Waals surface area contributed by atoms with Crippen LogP contribution in [0.15, 0.2) is 54.6 Å². The molecule has 1 aliphatic rings. The molecule has 0 bridgehead atoms. The third-order valence-electron chi connectivity index (χ3n) is 5.11. The predicted molar refractivity (Wildman–Crippen MR) is 108 cm³/mol. The van der Waals surface area contributed by atoms with Crippen molar-refractivity contribution in [1.29, 1.82) is 0 Å². The first-order valence-corrected chi connectivity index (χ1v) is 9.34. The molecule has 0 saturated carbocycles. The molecule has 2 aromatic carbocycles. The first kappa shape index (κ1) is 17.3. The van der Waals surface area contributed by atoms with Crippen LogP contribution in [0.5, 0.6) is 0 Å². The maximum atomic E-state index is 12.5. The summed E-state index contributed by atoms with van der Waals surface area (Å²) in [5.74, 6) is -0.128. The van der Waals surface area contributed by atoms with Crippen LogP contribution in [0, 0.1) is 6.92 Å². The van der Waals surface area contributed by atoms with Crippen molar-refractivity contribution < 1.29 is 4.79 Å². The zero-order chi connectivity index (χ0) is 18.8. The predicted octanol–water partition coefficient (Wildman–Crippen LogP) is 3.19. The number of carbonyl (C=O) groups excluding carboxylic acids is 1. The summed E-state index contributed by atoms with van der Waals surface area (Å²) in [4.78, 5) is 14.8. The number of carbonyl (C=O) groups is 1. The van der Waals surface area contributed by atoms with Gasteiger partial charge in [-0.25, -0.2) is 0 Å². The average molecular weight is 360 g/mol. The Morgan fingerprint density at radius 1 is 1.15 bits per heavy atom. The lowest BCUT2D eigenvalue weighted by Gasteiger charge is -2.19. The summed E-state index contributed by atoms with van der Waals surface area (Å²) in [6, 6.07) is 18.6. The van der Waals surface area contributed by atoms with Gasteiger partial charge in [-0.3, -0.25) is 9.48 Å². The van der Waals surface area contributed by atoms with Crippen LogP contribution in [0.1, 0.15) is 21.6 Å². The first-order chi connectivity index (χ1) is 13.1. The average Bonchev–Trinajstić information content (AvgIpc) is 3.26. The fourth-order valence-electron chi connectivity index (χ4n) is 3.61. The van der Waals surface area contributed by atoms with E-state index in [0.29, 0.717) is 12.2 Å². The summed E-state index contributed by atoms with van der Waals surface area (Å²) in [6.45, 7) is 4.48. The van der Waals surface area contributed by atoms with Gasteiger partial charge in [-0.2, -0.15) is 5.10 Å². The summed E-state index contributed by atoms with van der Waals surface area (Å²) in [7, 11) is 1.87. The molecular weight excluding hydrogens is 336 g/mol. The van der Waals surface area contributed by atoms with Crippen molar-refractivity contribution in [3.63, 3.8) is 0 Å². The van der Waals surface area contributed by atoms with E-state index >= 15 is 0 Å². The van der Waals surface area contributed by atoms with Crippen molar-refractivity contribution in [2.24, 2.45) is 7.05 Å². The van der Waals surface area contributed by atoms with Crippen molar-refractivity contribution >= 4 is 11.6 Å². The molecule has 0 spiro atoms. The van der Waals surface area contributed by atoms with Crippen molar-refractivity contribution in [1.82, 2.24) is 15.1 Å². The van der Waals surface area contributed by atoms with Gasteiger partial charge in [0.25, 0.3) is 5.91 Å². The Morgan fingerprint density at radius 2 is 1.93 bits per heavy atom. The fraction of sp³-hybridized carbons (Fsp3) is 0.273. The number of fused-ring (bicyclic) bond motifs is 1. The molecule has 1 aromatic heterocycles. The molecule has 4 rings (SSSR count). The summed E-state index contributed by atoms with van der Waals surface area (Å²) in [5.41, 5.74) is 6.33. The smallest absolute Gasteiger partial charge is 0.271 e. The molecule has 0 radical (unpaired) electrons. The van der Waals surface area contributed by atoms with Gasteiger partial charge >= 0.3 is 0 Å². The van der Waals surface area contributed by atoms with Crippen LogP contribution in [0.25, 0.3) is 11.3 Å². The van der Waals surface area contributed by atoms with E-state index in [9.17, 15) is 4.79 Å². The quantitative estimate of drug-likeness (QED) is 0.760. The molecular formula is C22H24N4O. The Bertz CT molecular complexity index is 959. The van der Waals surface area contributed by atoms with E-state index < -0.39 is 0 Å². The van der Waals surface area contributed by atoms with Crippen molar-refractivity contribution in [3.8, 4) is 11.3 Å². The summed E-state index contributed by atoms with van der Waals surface area (Å²) in [5, 5.41) is 7.39. The molecule has 1 aliphatic heterocycles. The molecule has 27 heavy (non-hydrogen) atoms. The topological polar surface area (TPSA) is 50.2 Å². The molecule has 0 aliphatic carbocycles. The van der Waals surface area contributed by atoms with Crippen LogP contribution in [-0.2, 0) is 13.5 Å². The highest BCUT2D eigenvalue weighted by molar-refractivity contribution is 5.93. The van der Waals surface area contributed by atoms with Gasteiger partial charge in [0.05, 0.1) is 5.69 Å². The summed E-state index contributed by atoms with van der Waals surface area (Å²) in [6.07, 6.45) is 1.07. The second-order valence-corrected chi connectivity index (χ2v) is 7.03. The van der Waals surface area contributed by atoms with E-state index in [1.807, 2.05) is 13.1 Å². The molecule has 0 fully saturated rings. The van der Waals surface area contributed by atoms with Crippen LogP contribution in [0.2, 0.25) is 0 Å². The van der Waals surface area contributed by atoms with Gasteiger partial charge in [-0.15, -0.1) is 0 Å². The lowest BCUT2D eigenvalue weighted by Crippen LogP contribution is -2.34. The summed E-state index contributed by atoms with van der Waals surface area (Å²) < 4.78 is 1.76. The minimum absolute atomic E-state index is 0.128. The highest BCUT2D eigenvalue weighted by Gasteiger charge is 2.18. The number of benzene rings is 2. The van der Waals surface area contributed by atoms with Crippen LogP contribution < -0.4 is 10.2 Å². The SMILES string of the molecule is Cc1ccc(-c2cc(C(=O)NCCN3CCc4ccccc43)nn2C)cc1. The van der Waals surface area contributed by atoms with Crippen LogP contribution in [0.3, 0.4) is 0 Å². The number of aromatic nitrogens is 2. The molecule has 1 amide bonds. The number of amides is 1. The molecule has 138 valence electrons. The Labute approximate surface area is 159 Å². The number of aryl methyl sites for hydroxylation is 2. The normalized spacial score (nSPS) is 12.9. The van der Waals surface area contributed by atoms with Gasteiger partial charge in [-0.05, 0) is 36.6 Å². The molecule has 0 atom stereocenters. The van der Waals surface area contributed by atoms with Crippen LogP contribution in [-0.4, -0.2) is 35.3 Å². The van der Waals surface area contributed by atoms with Crippen molar-refractivity contribution in [3.05, 3.63) is 71.4 Å². The molecule has 3 aromatic rings. The molecule has 5 heteroatoms. The Morgan fingerprint density at radius 3 is 2.74 bits per heavy atom. The van der Waals surface area contributed by atoms with Gasteiger partial charge in [0.1, 0.15) is 0 Å². The van der Waals surface area contributed by atoms with Gasteiger partial charge in [0.15, 0.2) is 5.69 Å². The highest BCUT2D eigenvalue weighted by Crippen LogP contribution is 2.26. The van der Waals surface area contributed by atoms with Crippen molar-refractivity contribution in [2.75, 3.05) is 24.5 Å². The van der Waals surface area contributed by atoms with Gasteiger partial charge in [0.2, 0.25) is 0 Å². The number of nitrogens with one attached hydrogen (secondary N) is 1. The number of rotatable bonds is 5. The van der Waals surface area contributed by atoms with Crippen molar-refractivity contribution in [2.45, 2.75) is 13.3 Å². The zero-order valence-electron chi connectivity index (χ0n) is 15.8. The fourth-order valence-corrected chi connectivity index (χ4v) is 3.61. The van der Waals surface area contributed by atoms with E-state index in [2.05, 4.69) is 70.8 Å². The van der Waals surface area contributed by atoms with Gasteiger partial charge < -0.3 is 10.2 Å². The maximum Gasteiger partial charge on any atom is 0.271 e. The number of nitrogens with zero attached hydrogens (tertiary/aromatic N) is 3.